The first-order valence-electron chi connectivity index (χ1n) is 10.2. The molecule has 4 nitrogen and oxygen atoms in total. The highest BCUT2D eigenvalue weighted by Gasteiger charge is 2.22. The van der Waals surface area contributed by atoms with Gasteiger partial charge in [-0.3, -0.25) is 9.36 Å². The summed E-state index contributed by atoms with van der Waals surface area (Å²) in [5, 5.41) is 3.74. The molecule has 0 radical (unpaired) electrons. The molecule has 0 bridgehead atoms. The van der Waals surface area contributed by atoms with Crippen LogP contribution in [0.3, 0.4) is 0 Å². The Labute approximate surface area is 205 Å². The Hall–Kier alpha value is -2.80. The smallest absolute Gasteiger partial charge is 0.237 e. The fraction of sp³-hybridized carbons (Fsp3) is 0.120. The second kappa shape index (κ2) is 10.00. The van der Waals surface area contributed by atoms with E-state index >= 15 is 0 Å². The maximum atomic E-state index is 13.3. The molecule has 33 heavy (non-hydrogen) atoms. The van der Waals surface area contributed by atoms with Crippen LogP contribution >= 0.6 is 35.0 Å². The highest BCUT2D eigenvalue weighted by molar-refractivity contribution is 8.00. The minimum atomic E-state index is -0.491. The lowest BCUT2D eigenvalue weighted by Gasteiger charge is -2.17. The van der Waals surface area contributed by atoms with Crippen molar-refractivity contribution in [3.8, 4) is 16.9 Å². The topological polar surface area (TPSA) is 46.9 Å². The number of carbonyl (C=O) groups is 1. The molecule has 0 aliphatic carbocycles. The van der Waals surface area contributed by atoms with Gasteiger partial charge in [0.15, 0.2) is 5.16 Å². The van der Waals surface area contributed by atoms with Crippen LogP contribution in [-0.2, 0) is 4.79 Å². The summed E-state index contributed by atoms with van der Waals surface area (Å²) in [6.07, 6.45) is 1.79. The van der Waals surface area contributed by atoms with E-state index in [1.807, 2.05) is 60.0 Å². The van der Waals surface area contributed by atoms with E-state index in [0.29, 0.717) is 15.9 Å². The molecule has 0 saturated carbocycles. The monoisotopic (exact) mass is 499 g/mol. The molecule has 0 fully saturated rings. The lowest BCUT2D eigenvalue weighted by atomic mass is 10.1. The lowest BCUT2D eigenvalue weighted by molar-refractivity contribution is -0.115. The van der Waals surface area contributed by atoms with Crippen molar-refractivity contribution < 1.29 is 9.18 Å². The Kier molecular flexibility index (Phi) is 7.08. The number of thioether (sulfide) groups is 1. The van der Waals surface area contributed by atoms with Gasteiger partial charge in [-0.25, -0.2) is 9.37 Å². The average molecular weight is 500 g/mol. The third-order valence-electron chi connectivity index (χ3n) is 5.07. The molecule has 0 saturated heterocycles. The van der Waals surface area contributed by atoms with E-state index in [4.69, 9.17) is 23.2 Å². The minimum Gasteiger partial charge on any atom is -0.324 e. The van der Waals surface area contributed by atoms with Crippen LogP contribution in [0.1, 0.15) is 12.5 Å². The van der Waals surface area contributed by atoms with Gasteiger partial charge in [0.2, 0.25) is 5.91 Å². The van der Waals surface area contributed by atoms with Crippen molar-refractivity contribution in [2.24, 2.45) is 0 Å². The number of nitrogens with zero attached hydrogens (tertiary/aromatic N) is 2. The molecule has 1 N–H and O–H groups in total. The van der Waals surface area contributed by atoms with Gasteiger partial charge in [0.1, 0.15) is 5.82 Å². The van der Waals surface area contributed by atoms with Crippen LogP contribution in [0.2, 0.25) is 10.0 Å². The number of carbonyl (C=O) groups excluding carboxylic acids is 1. The first kappa shape index (κ1) is 23.4. The molecule has 1 aromatic heterocycles. The van der Waals surface area contributed by atoms with E-state index in [-0.39, 0.29) is 10.9 Å². The minimum absolute atomic E-state index is 0.145. The van der Waals surface area contributed by atoms with Gasteiger partial charge in [0.05, 0.1) is 33.5 Å². The summed E-state index contributed by atoms with van der Waals surface area (Å²) in [6, 6.07) is 19.4. The normalized spacial score (nSPS) is 11.9. The molecule has 1 amide bonds. The average Bonchev–Trinajstić information content (AvgIpc) is 3.19. The highest BCUT2D eigenvalue weighted by atomic mass is 35.5. The van der Waals surface area contributed by atoms with E-state index in [1.54, 1.807) is 13.1 Å². The van der Waals surface area contributed by atoms with Gasteiger partial charge >= 0.3 is 0 Å². The number of aryl methyl sites for hydroxylation is 1. The van der Waals surface area contributed by atoms with Crippen LogP contribution in [0.5, 0.6) is 0 Å². The van der Waals surface area contributed by atoms with Gasteiger partial charge in [-0.2, -0.15) is 0 Å². The highest BCUT2D eigenvalue weighted by Crippen LogP contribution is 2.34. The predicted molar refractivity (Wildman–Crippen MR) is 134 cm³/mol. The Morgan fingerprint density at radius 1 is 1.09 bits per heavy atom. The van der Waals surface area contributed by atoms with Crippen molar-refractivity contribution in [3.05, 3.63) is 94.4 Å². The van der Waals surface area contributed by atoms with Crippen LogP contribution in [0.25, 0.3) is 16.9 Å². The van der Waals surface area contributed by atoms with Crippen molar-refractivity contribution >= 4 is 46.6 Å². The van der Waals surface area contributed by atoms with E-state index in [9.17, 15) is 9.18 Å². The number of aromatic nitrogens is 2. The van der Waals surface area contributed by atoms with Crippen molar-refractivity contribution in [3.63, 3.8) is 0 Å². The number of hydrogen-bond donors (Lipinski definition) is 1. The number of halogens is 3. The van der Waals surface area contributed by atoms with Gasteiger partial charge in [-0.05, 0) is 55.8 Å². The van der Waals surface area contributed by atoms with Crippen molar-refractivity contribution in [1.29, 1.82) is 0 Å². The molecule has 168 valence electrons. The molecule has 4 aromatic rings. The van der Waals surface area contributed by atoms with Crippen molar-refractivity contribution in [1.82, 2.24) is 9.55 Å². The number of rotatable bonds is 6. The van der Waals surface area contributed by atoms with Gasteiger partial charge in [0, 0.05) is 10.6 Å². The van der Waals surface area contributed by atoms with Crippen LogP contribution < -0.4 is 5.32 Å². The number of imidazole rings is 1. The SMILES string of the molecule is Cc1ccccc1-n1c(-c2ccc(Cl)cc2)cnc1S[C@H](C)C(=O)Nc1ccc(F)cc1Cl. The summed E-state index contributed by atoms with van der Waals surface area (Å²) < 4.78 is 15.4. The zero-order valence-electron chi connectivity index (χ0n) is 17.9. The molecule has 0 spiro atoms. The fourth-order valence-electron chi connectivity index (χ4n) is 3.33. The first-order chi connectivity index (χ1) is 15.8. The number of nitrogens with one attached hydrogen (secondary N) is 1. The molecule has 0 aliphatic rings. The van der Waals surface area contributed by atoms with E-state index in [1.165, 1.54) is 23.9 Å². The van der Waals surface area contributed by atoms with Gasteiger partial charge in [-0.1, -0.05) is 65.3 Å². The Morgan fingerprint density at radius 3 is 2.52 bits per heavy atom. The zero-order valence-corrected chi connectivity index (χ0v) is 20.2. The third-order valence-corrected chi connectivity index (χ3v) is 6.70. The number of amides is 1. The molecule has 4 rings (SSSR count). The maximum Gasteiger partial charge on any atom is 0.237 e. The van der Waals surface area contributed by atoms with E-state index < -0.39 is 11.1 Å². The summed E-state index contributed by atoms with van der Waals surface area (Å²) in [6.45, 7) is 3.82. The Balaban J connectivity index is 1.66. The third kappa shape index (κ3) is 5.24. The lowest BCUT2D eigenvalue weighted by Crippen LogP contribution is -2.23. The predicted octanol–water partition coefficient (Wildman–Crippen LogP) is 7.41. The molecule has 1 atom stereocenters. The standard InChI is InChI=1S/C25H20Cl2FN3OS/c1-15-5-3-4-6-22(15)31-23(17-7-9-18(26)10-8-17)14-29-25(31)33-16(2)24(32)30-21-12-11-19(28)13-20(21)27/h3-14,16H,1-2H3,(H,30,32)/t16-/m1/s1. The molecule has 0 unspecified atom stereocenters. The van der Waals surface area contributed by atoms with Crippen LogP contribution in [-0.4, -0.2) is 20.7 Å². The van der Waals surface area contributed by atoms with Gasteiger partial charge in [0.25, 0.3) is 0 Å². The molecular formula is C25H20Cl2FN3OS. The summed E-state index contributed by atoms with van der Waals surface area (Å²) in [7, 11) is 0. The largest absolute Gasteiger partial charge is 0.324 e. The molecule has 1 heterocycles. The van der Waals surface area contributed by atoms with E-state index in [0.717, 1.165) is 28.6 Å². The second-order valence-corrected chi connectivity index (χ2v) is 9.58. The molecule has 3 aromatic carbocycles. The number of benzene rings is 3. The first-order valence-corrected chi connectivity index (χ1v) is 11.8. The molecular weight excluding hydrogens is 480 g/mol. The Bertz CT molecular complexity index is 1310. The maximum absolute atomic E-state index is 13.3. The molecule has 0 aliphatic heterocycles. The Morgan fingerprint density at radius 2 is 1.82 bits per heavy atom. The van der Waals surface area contributed by atoms with Crippen LogP contribution in [0.4, 0.5) is 10.1 Å². The summed E-state index contributed by atoms with van der Waals surface area (Å²) in [4.78, 5) is 17.5. The zero-order chi connectivity index (χ0) is 23.5. The second-order valence-electron chi connectivity index (χ2n) is 7.43. The fourth-order valence-corrected chi connectivity index (χ4v) is 4.56. The van der Waals surface area contributed by atoms with Crippen molar-refractivity contribution in [2.75, 3.05) is 5.32 Å². The summed E-state index contributed by atoms with van der Waals surface area (Å²) in [5.74, 6) is -0.726. The van der Waals surface area contributed by atoms with Gasteiger partial charge in [-0.15, -0.1) is 0 Å². The quantitative estimate of drug-likeness (QED) is 0.281. The summed E-state index contributed by atoms with van der Waals surface area (Å²) >= 11 is 13.5. The number of para-hydroxylation sites is 1. The van der Waals surface area contributed by atoms with Crippen LogP contribution in [0.15, 0.2) is 78.1 Å². The van der Waals surface area contributed by atoms with E-state index in [2.05, 4.69) is 10.3 Å². The summed E-state index contributed by atoms with van der Waals surface area (Å²) in [5.41, 5.74) is 4.24. The van der Waals surface area contributed by atoms with Crippen LogP contribution in [0, 0.1) is 12.7 Å². The number of anilines is 1. The van der Waals surface area contributed by atoms with Gasteiger partial charge < -0.3 is 5.32 Å². The molecule has 8 heteroatoms. The van der Waals surface area contributed by atoms with Crippen molar-refractivity contribution in [2.45, 2.75) is 24.3 Å². The number of hydrogen-bond acceptors (Lipinski definition) is 3.